The predicted octanol–water partition coefficient (Wildman–Crippen LogP) is 3.97. The van der Waals surface area contributed by atoms with Crippen LogP contribution in [0, 0.1) is 5.92 Å². The van der Waals surface area contributed by atoms with Gasteiger partial charge in [0.25, 0.3) is 11.8 Å². The summed E-state index contributed by atoms with van der Waals surface area (Å²) in [4.78, 5) is 37.7. The van der Waals surface area contributed by atoms with Crippen LogP contribution in [0.2, 0.25) is 0 Å². The van der Waals surface area contributed by atoms with Crippen molar-refractivity contribution in [2.75, 3.05) is 0 Å². The lowest BCUT2D eigenvalue weighted by Gasteiger charge is -2.24. The quantitative estimate of drug-likeness (QED) is 0.470. The molecule has 6 nitrogen and oxygen atoms in total. The van der Waals surface area contributed by atoms with Crippen LogP contribution in [-0.4, -0.2) is 36.0 Å². The average Bonchev–Trinajstić information content (AvgIpc) is 2.94. The molecule has 2 rings (SSSR count). The van der Waals surface area contributed by atoms with Crippen LogP contribution in [0.25, 0.3) is 0 Å². The molecule has 0 aliphatic heterocycles. The van der Waals surface area contributed by atoms with E-state index in [-0.39, 0.29) is 23.8 Å². The maximum absolute atomic E-state index is 12.7. The molecule has 0 saturated heterocycles. The fraction of sp³-hybridized carbons (Fsp3) is 0.591. The number of esters is 1. The Hall–Kier alpha value is -1.89. The van der Waals surface area contributed by atoms with E-state index in [1.54, 1.807) is 25.1 Å². The fourth-order valence-electron chi connectivity index (χ4n) is 3.41. The number of carbonyl (C=O) groups is 3. The number of hydrogen-bond donors (Lipinski definition) is 2. The Morgan fingerprint density at radius 2 is 1.66 bits per heavy atom. The smallest absolute Gasteiger partial charge is 0.329 e. The number of amides is 2. The highest BCUT2D eigenvalue weighted by Crippen LogP contribution is 2.18. The van der Waals surface area contributed by atoms with Gasteiger partial charge in [0, 0.05) is 10.5 Å². The molecule has 2 N–H and O–H groups in total. The molecule has 0 bridgehead atoms. The monoisotopic (exact) mass is 466 g/mol. The Labute approximate surface area is 181 Å². The van der Waals surface area contributed by atoms with E-state index in [1.165, 1.54) is 12.8 Å². The zero-order chi connectivity index (χ0) is 21.4. The summed E-state index contributed by atoms with van der Waals surface area (Å²) in [6.07, 6.45) is 5.62. The molecule has 0 unspecified atom stereocenters. The van der Waals surface area contributed by atoms with Crippen LogP contribution in [-0.2, 0) is 14.3 Å². The Bertz CT molecular complexity index is 715. The van der Waals surface area contributed by atoms with Gasteiger partial charge in [-0.1, -0.05) is 51.7 Å². The Kier molecular flexibility index (Phi) is 9.14. The molecule has 1 aromatic carbocycles. The van der Waals surface area contributed by atoms with E-state index in [4.69, 9.17) is 4.74 Å². The normalized spacial score (nSPS) is 17.1. The van der Waals surface area contributed by atoms with Gasteiger partial charge in [-0.2, -0.15) is 0 Å². The van der Waals surface area contributed by atoms with Gasteiger partial charge in [0.05, 0.1) is 5.56 Å². The summed E-state index contributed by atoms with van der Waals surface area (Å²) in [5, 5.41) is 5.73. The van der Waals surface area contributed by atoms with Crippen LogP contribution in [0.1, 0.15) is 69.7 Å². The minimum atomic E-state index is -0.910. The third-order valence-electron chi connectivity index (χ3n) is 5.19. The van der Waals surface area contributed by atoms with Gasteiger partial charge in [-0.15, -0.1) is 0 Å². The minimum absolute atomic E-state index is 0.141. The summed E-state index contributed by atoms with van der Waals surface area (Å²) < 4.78 is 6.04. The number of nitrogens with one attached hydrogen (secondary N) is 2. The number of carbonyl (C=O) groups excluding carboxylic acids is 3. The first kappa shape index (κ1) is 23.4. The molecule has 29 heavy (non-hydrogen) atoms. The van der Waals surface area contributed by atoms with Gasteiger partial charge in [0.2, 0.25) is 0 Å². The van der Waals surface area contributed by atoms with Crippen molar-refractivity contribution in [1.29, 1.82) is 0 Å². The Morgan fingerprint density at radius 1 is 1.03 bits per heavy atom. The van der Waals surface area contributed by atoms with Gasteiger partial charge in [0.1, 0.15) is 6.04 Å². The van der Waals surface area contributed by atoms with Crippen LogP contribution in [0.15, 0.2) is 28.7 Å². The Morgan fingerprint density at radius 3 is 2.24 bits per heavy atom. The van der Waals surface area contributed by atoms with Crippen LogP contribution in [0.4, 0.5) is 0 Å². The third kappa shape index (κ3) is 7.14. The lowest BCUT2D eigenvalue weighted by molar-refractivity contribution is -0.157. The van der Waals surface area contributed by atoms with Crippen molar-refractivity contribution in [2.24, 2.45) is 5.92 Å². The summed E-state index contributed by atoms with van der Waals surface area (Å²) >= 11 is 3.34. The number of hydrogen-bond acceptors (Lipinski definition) is 4. The molecule has 0 heterocycles. The average molecular weight is 467 g/mol. The van der Waals surface area contributed by atoms with E-state index >= 15 is 0 Å². The summed E-state index contributed by atoms with van der Waals surface area (Å²) in [5.74, 6) is -1.46. The van der Waals surface area contributed by atoms with E-state index in [2.05, 4.69) is 26.6 Å². The van der Waals surface area contributed by atoms with Crippen molar-refractivity contribution in [3.63, 3.8) is 0 Å². The van der Waals surface area contributed by atoms with E-state index in [9.17, 15) is 14.4 Å². The van der Waals surface area contributed by atoms with Crippen LogP contribution in [0.5, 0.6) is 0 Å². The van der Waals surface area contributed by atoms with Gasteiger partial charge < -0.3 is 15.4 Å². The molecule has 1 aromatic rings. The molecule has 160 valence electrons. The largest absolute Gasteiger partial charge is 0.451 e. The second-order valence-electron chi connectivity index (χ2n) is 7.95. The zero-order valence-electron chi connectivity index (χ0n) is 17.4. The molecule has 7 heteroatoms. The van der Waals surface area contributed by atoms with E-state index in [0.717, 1.165) is 25.7 Å². The molecular weight excluding hydrogens is 436 g/mol. The van der Waals surface area contributed by atoms with Gasteiger partial charge in [-0.05, 0) is 53.7 Å². The topological polar surface area (TPSA) is 84.5 Å². The van der Waals surface area contributed by atoms with Crippen molar-refractivity contribution >= 4 is 33.7 Å². The number of benzene rings is 1. The molecule has 1 aliphatic carbocycles. The van der Waals surface area contributed by atoms with Crippen molar-refractivity contribution in [3.8, 4) is 0 Å². The van der Waals surface area contributed by atoms with Gasteiger partial charge in [0.15, 0.2) is 6.10 Å². The SMILES string of the molecule is CC(C)[C@H](NC(=O)c1ccccc1Br)C(=O)O[C@H](C)C(=O)NC1CCCCCC1. The second kappa shape index (κ2) is 11.3. The van der Waals surface area contributed by atoms with E-state index in [0.29, 0.717) is 10.0 Å². The van der Waals surface area contributed by atoms with Crippen LogP contribution < -0.4 is 10.6 Å². The molecule has 1 fully saturated rings. The molecule has 1 saturated carbocycles. The van der Waals surface area contributed by atoms with Crippen LogP contribution >= 0.6 is 15.9 Å². The van der Waals surface area contributed by atoms with E-state index < -0.39 is 18.1 Å². The molecule has 0 spiro atoms. The standard InChI is InChI=1S/C22H31BrN2O4/c1-14(2)19(25-21(27)17-12-8-9-13-18(17)23)22(28)29-15(3)20(26)24-16-10-6-4-5-7-11-16/h8-9,12-16,19H,4-7,10-11H2,1-3H3,(H,24,26)(H,25,27)/t15-,19+/m1/s1. The predicted molar refractivity (Wildman–Crippen MR) is 115 cm³/mol. The first-order chi connectivity index (χ1) is 13.8. The van der Waals surface area contributed by atoms with Crippen molar-refractivity contribution in [1.82, 2.24) is 10.6 Å². The number of halogens is 1. The number of ether oxygens (including phenoxy) is 1. The summed E-state index contributed by atoms with van der Waals surface area (Å²) in [7, 11) is 0. The molecule has 2 amide bonds. The fourth-order valence-corrected chi connectivity index (χ4v) is 3.87. The third-order valence-corrected chi connectivity index (χ3v) is 5.88. The maximum Gasteiger partial charge on any atom is 0.329 e. The van der Waals surface area contributed by atoms with Gasteiger partial charge >= 0.3 is 5.97 Å². The zero-order valence-corrected chi connectivity index (χ0v) is 19.0. The number of rotatable bonds is 7. The Balaban J connectivity index is 1.94. The van der Waals surface area contributed by atoms with Crippen molar-refractivity contribution in [2.45, 2.75) is 77.5 Å². The molecule has 0 aromatic heterocycles. The molecule has 2 atom stereocenters. The van der Waals surface area contributed by atoms with Crippen molar-refractivity contribution < 1.29 is 19.1 Å². The highest BCUT2D eigenvalue weighted by molar-refractivity contribution is 9.10. The van der Waals surface area contributed by atoms with Gasteiger partial charge in [-0.25, -0.2) is 4.79 Å². The maximum atomic E-state index is 12.7. The minimum Gasteiger partial charge on any atom is -0.451 e. The molecular formula is C22H31BrN2O4. The van der Waals surface area contributed by atoms with Crippen LogP contribution in [0.3, 0.4) is 0 Å². The summed E-state index contributed by atoms with van der Waals surface area (Å²) in [5.41, 5.74) is 0.435. The second-order valence-corrected chi connectivity index (χ2v) is 8.81. The summed E-state index contributed by atoms with van der Waals surface area (Å²) in [6.45, 7) is 5.21. The molecule has 0 radical (unpaired) electrons. The van der Waals surface area contributed by atoms with E-state index in [1.807, 2.05) is 19.9 Å². The lowest BCUT2D eigenvalue weighted by atomic mass is 10.0. The summed E-state index contributed by atoms with van der Waals surface area (Å²) in [6, 6.07) is 6.29. The van der Waals surface area contributed by atoms with Gasteiger partial charge in [-0.3, -0.25) is 9.59 Å². The highest BCUT2D eigenvalue weighted by Gasteiger charge is 2.30. The lowest BCUT2D eigenvalue weighted by Crippen LogP contribution is -2.48. The molecule has 1 aliphatic rings. The first-order valence-electron chi connectivity index (χ1n) is 10.4. The van der Waals surface area contributed by atoms with Crippen molar-refractivity contribution in [3.05, 3.63) is 34.3 Å². The first-order valence-corrected chi connectivity index (χ1v) is 11.1. The highest BCUT2D eigenvalue weighted by atomic mass is 79.9.